The molecule has 8 nitrogen and oxygen atoms in total. The first-order chi connectivity index (χ1) is 18.0. The Kier molecular flexibility index (Phi) is 14.1. The summed E-state index contributed by atoms with van der Waals surface area (Å²) in [5.41, 5.74) is 2.67. The summed E-state index contributed by atoms with van der Waals surface area (Å²) in [6.07, 6.45) is 4.20. The zero-order valence-corrected chi connectivity index (χ0v) is 23.4. The number of benzene rings is 1. The molecule has 0 spiro atoms. The van der Waals surface area contributed by atoms with Crippen LogP contribution in [0.15, 0.2) is 48.8 Å². The van der Waals surface area contributed by atoms with E-state index in [1.807, 2.05) is 83.4 Å². The van der Waals surface area contributed by atoms with Gasteiger partial charge in [0.15, 0.2) is 11.6 Å². The van der Waals surface area contributed by atoms with E-state index in [9.17, 15) is 4.39 Å². The van der Waals surface area contributed by atoms with Gasteiger partial charge in [0.25, 0.3) is 0 Å². The predicted octanol–water partition coefficient (Wildman–Crippen LogP) is 6.58. The van der Waals surface area contributed by atoms with Crippen molar-refractivity contribution in [1.82, 2.24) is 29.7 Å². The highest BCUT2D eigenvalue weighted by Gasteiger charge is 2.19. The van der Waals surface area contributed by atoms with Gasteiger partial charge in [-0.1, -0.05) is 52.8 Å². The molecule has 0 saturated heterocycles. The first kappa shape index (κ1) is 31.2. The molecule has 3 aromatic heterocycles. The highest BCUT2D eigenvalue weighted by atomic mass is 19.1. The van der Waals surface area contributed by atoms with Gasteiger partial charge in [0.1, 0.15) is 23.1 Å². The van der Waals surface area contributed by atoms with Gasteiger partial charge in [0.2, 0.25) is 5.88 Å². The highest BCUT2D eigenvalue weighted by Crippen LogP contribution is 2.31. The number of aromatic nitrogens is 6. The molecule has 0 unspecified atom stereocenters. The van der Waals surface area contributed by atoms with Crippen LogP contribution in [0, 0.1) is 19.7 Å². The predicted molar refractivity (Wildman–Crippen MR) is 146 cm³/mol. The minimum absolute atomic E-state index is 0.375. The fourth-order valence-electron chi connectivity index (χ4n) is 3.22. The van der Waals surface area contributed by atoms with Crippen LogP contribution in [0.3, 0.4) is 0 Å². The Morgan fingerprint density at radius 3 is 2.11 bits per heavy atom. The molecule has 0 amide bonds. The number of hydrogen-bond acceptors (Lipinski definition) is 7. The minimum Gasteiger partial charge on any atom is -0.495 e. The molecule has 4 aromatic rings. The average Bonchev–Trinajstić information content (AvgIpc) is 3.33. The molecule has 0 saturated carbocycles. The number of methoxy groups -OCH3 is 2. The largest absolute Gasteiger partial charge is 0.495 e. The van der Waals surface area contributed by atoms with E-state index in [4.69, 9.17) is 9.47 Å². The molecule has 9 heteroatoms. The summed E-state index contributed by atoms with van der Waals surface area (Å²) in [6, 6.07) is 11.5. The Hall–Kier alpha value is -3.88. The maximum Gasteiger partial charge on any atom is 0.213 e. The molecule has 1 aromatic carbocycles. The lowest BCUT2D eigenvalue weighted by Gasteiger charge is -2.15. The van der Waals surface area contributed by atoms with Crippen LogP contribution < -0.4 is 9.47 Å². The number of para-hydroxylation sites is 1. The van der Waals surface area contributed by atoms with Gasteiger partial charge in [-0.2, -0.15) is 0 Å². The van der Waals surface area contributed by atoms with Gasteiger partial charge in [0.05, 0.1) is 32.3 Å². The lowest BCUT2D eigenvalue weighted by atomic mass is 10.1. The fourth-order valence-corrected chi connectivity index (χ4v) is 3.22. The van der Waals surface area contributed by atoms with E-state index in [-0.39, 0.29) is 5.82 Å². The second-order valence-electron chi connectivity index (χ2n) is 7.16. The van der Waals surface area contributed by atoms with Crippen molar-refractivity contribution in [2.45, 2.75) is 61.3 Å². The zero-order chi connectivity index (χ0) is 27.8. The summed E-state index contributed by atoms with van der Waals surface area (Å²) in [5, 5.41) is 8.51. The molecule has 0 bridgehead atoms. The second kappa shape index (κ2) is 16.7. The SMILES string of the molecule is CC.CC.CCCc1ncc(F)cn1.COc1cccc(-c2nnc(C)n2-c2c(C)cccc2OC)n1. The van der Waals surface area contributed by atoms with Crippen LogP contribution in [0.2, 0.25) is 0 Å². The van der Waals surface area contributed by atoms with Gasteiger partial charge in [-0.15, -0.1) is 10.2 Å². The first-order valence-electron chi connectivity index (χ1n) is 12.5. The molecule has 0 radical (unpaired) electrons. The Morgan fingerprint density at radius 2 is 1.51 bits per heavy atom. The van der Waals surface area contributed by atoms with Crippen molar-refractivity contribution in [3.63, 3.8) is 0 Å². The number of rotatable bonds is 6. The third kappa shape index (κ3) is 8.63. The Morgan fingerprint density at radius 1 is 0.865 bits per heavy atom. The summed E-state index contributed by atoms with van der Waals surface area (Å²) in [6.45, 7) is 14.0. The second-order valence-corrected chi connectivity index (χ2v) is 7.16. The van der Waals surface area contributed by atoms with Crippen LogP contribution >= 0.6 is 0 Å². The number of ether oxygens (including phenoxy) is 2. The van der Waals surface area contributed by atoms with Gasteiger partial charge in [-0.05, 0) is 38.0 Å². The molecular formula is C28H39FN6O2. The minimum atomic E-state index is -0.375. The Balaban J connectivity index is 0.000000409. The Labute approximate surface area is 220 Å². The van der Waals surface area contributed by atoms with Crippen molar-refractivity contribution < 1.29 is 13.9 Å². The molecule has 0 aliphatic rings. The summed E-state index contributed by atoms with van der Waals surface area (Å²) in [4.78, 5) is 12.0. The van der Waals surface area contributed by atoms with Crippen molar-refractivity contribution in [2.24, 2.45) is 0 Å². The molecule has 37 heavy (non-hydrogen) atoms. The number of pyridine rings is 1. The van der Waals surface area contributed by atoms with Crippen molar-refractivity contribution in [1.29, 1.82) is 0 Å². The lowest BCUT2D eigenvalue weighted by Crippen LogP contribution is -2.05. The third-order valence-electron chi connectivity index (χ3n) is 4.78. The zero-order valence-electron chi connectivity index (χ0n) is 23.4. The van der Waals surface area contributed by atoms with Gasteiger partial charge in [-0.3, -0.25) is 4.57 Å². The first-order valence-corrected chi connectivity index (χ1v) is 12.5. The fraction of sp³-hybridized carbons (Fsp3) is 0.393. The summed E-state index contributed by atoms with van der Waals surface area (Å²) in [5.74, 6) is 3.04. The van der Waals surface area contributed by atoms with Crippen molar-refractivity contribution in [3.8, 4) is 28.8 Å². The van der Waals surface area contributed by atoms with Crippen LogP contribution in [-0.2, 0) is 6.42 Å². The summed E-state index contributed by atoms with van der Waals surface area (Å²) < 4.78 is 24.9. The van der Waals surface area contributed by atoms with E-state index in [0.717, 1.165) is 35.7 Å². The molecule has 200 valence electrons. The van der Waals surface area contributed by atoms with Gasteiger partial charge in [-0.25, -0.2) is 19.3 Å². The van der Waals surface area contributed by atoms with E-state index in [1.165, 1.54) is 12.4 Å². The van der Waals surface area contributed by atoms with Crippen LogP contribution in [0.25, 0.3) is 17.2 Å². The van der Waals surface area contributed by atoms with Crippen molar-refractivity contribution >= 4 is 0 Å². The standard InChI is InChI=1S/C17H18N4O2.C7H9FN2.2C2H6/c1-11-7-5-9-14(22-3)16(11)21-12(2)19-20-17(21)13-8-6-10-15(18-13)23-4;1-2-3-7-9-4-6(8)5-10-7;2*1-2/h5-10H,1-4H3;4-5H,2-3H2,1H3;2*1-2H3. The average molecular weight is 511 g/mol. The van der Waals surface area contributed by atoms with Crippen molar-refractivity contribution in [2.75, 3.05) is 14.2 Å². The molecule has 0 fully saturated rings. The van der Waals surface area contributed by atoms with Gasteiger partial charge >= 0.3 is 0 Å². The van der Waals surface area contributed by atoms with Crippen LogP contribution in [0.5, 0.6) is 11.6 Å². The molecule has 0 atom stereocenters. The quantitative estimate of drug-likeness (QED) is 0.289. The molecule has 0 aliphatic heterocycles. The van der Waals surface area contributed by atoms with Crippen LogP contribution in [0.1, 0.15) is 58.3 Å². The normalized spacial score (nSPS) is 9.57. The molecule has 0 N–H and O–H groups in total. The lowest BCUT2D eigenvalue weighted by molar-refractivity contribution is 0.398. The number of hydrogen-bond donors (Lipinski definition) is 0. The van der Waals surface area contributed by atoms with E-state index in [0.29, 0.717) is 23.2 Å². The van der Waals surface area contributed by atoms with E-state index in [2.05, 4.69) is 25.1 Å². The summed E-state index contributed by atoms with van der Waals surface area (Å²) >= 11 is 0. The number of nitrogens with zero attached hydrogens (tertiary/aromatic N) is 6. The van der Waals surface area contributed by atoms with Crippen LogP contribution in [-0.4, -0.2) is 43.9 Å². The summed E-state index contributed by atoms with van der Waals surface area (Å²) in [7, 11) is 3.24. The molecule has 3 heterocycles. The van der Waals surface area contributed by atoms with E-state index >= 15 is 0 Å². The smallest absolute Gasteiger partial charge is 0.213 e. The molecule has 0 aliphatic carbocycles. The number of aryl methyl sites for hydroxylation is 3. The van der Waals surface area contributed by atoms with Crippen LogP contribution in [0.4, 0.5) is 4.39 Å². The van der Waals surface area contributed by atoms with Gasteiger partial charge in [0, 0.05) is 12.5 Å². The van der Waals surface area contributed by atoms with Crippen molar-refractivity contribution in [3.05, 3.63) is 71.8 Å². The number of halogens is 1. The molecular weight excluding hydrogens is 471 g/mol. The topological polar surface area (TPSA) is 87.8 Å². The monoisotopic (exact) mass is 510 g/mol. The molecule has 4 rings (SSSR count). The van der Waals surface area contributed by atoms with E-state index in [1.54, 1.807) is 20.3 Å². The maximum absolute atomic E-state index is 12.2. The highest BCUT2D eigenvalue weighted by molar-refractivity contribution is 5.61. The van der Waals surface area contributed by atoms with Gasteiger partial charge < -0.3 is 9.47 Å². The Bertz CT molecular complexity index is 1200. The van der Waals surface area contributed by atoms with E-state index < -0.39 is 0 Å². The third-order valence-corrected chi connectivity index (χ3v) is 4.78. The maximum atomic E-state index is 12.2.